The first-order valence-corrected chi connectivity index (χ1v) is 9.09. The van der Waals surface area contributed by atoms with Gasteiger partial charge in [-0.05, 0) is 46.5 Å². The van der Waals surface area contributed by atoms with Gasteiger partial charge in [-0.2, -0.15) is 0 Å². The molecule has 0 aromatic heterocycles. The largest absolute Gasteiger partial charge is 0.445 e. The Morgan fingerprint density at radius 2 is 1.67 bits per heavy atom. The maximum absolute atomic E-state index is 12.2. The highest BCUT2D eigenvalue weighted by Crippen LogP contribution is 2.37. The number of carbonyl (C=O) groups is 2. The lowest BCUT2D eigenvalue weighted by atomic mass is 9.98. The van der Waals surface area contributed by atoms with Crippen molar-refractivity contribution in [1.29, 1.82) is 0 Å². The molecule has 2 bridgehead atoms. The van der Waals surface area contributed by atoms with Crippen molar-refractivity contribution in [3.63, 3.8) is 0 Å². The third-order valence-electron chi connectivity index (χ3n) is 4.02. The van der Waals surface area contributed by atoms with Gasteiger partial charge in [-0.3, -0.25) is 0 Å². The van der Waals surface area contributed by atoms with Gasteiger partial charge in [0, 0.05) is 18.1 Å². The van der Waals surface area contributed by atoms with Gasteiger partial charge in [0.1, 0.15) is 12.2 Å². The monoisotopic (exact) mass is 400 g/mol. The van der Waals surface area contributed by atoms with E-state index in [9.17, 15) is 9.59 Å². The van der Waals surface area contributed by atoms with Crippen LogP contribution in [0.4, 0.5) is 9.59 Å². The van der Waals surface area contributed by atoms with Crippen molar-refractivity contribution in [3.05, 3.63) is 0 Å². The summed E-state index contributed by atoms with van der Waals surface area (Å²) in [5.74, 6) is 0. The number of amides is 2. The van der Waals surface area contributed by atoms with Crippen molar-refractivity contribution in [3.8, 4) is 0 Å². The molecule has 9 heteroatoms. The fourth-order valence-electron chi connectivity index (χ4n) is 3.29. The van der Waals surface area contributed by atoms with Gasteiger partial charge in [0.15, 0.2) is 0 Å². The van der Waals surface area contributed by atoms with E-state index >= 15 is 0 Å². The summed E-state index contributed by atoms with van der Waals surface area (Å²) >= 11 is 16.8. The molecule has 2 amide bonds. The fourth-order valence-corrected chi connectivity index (χ4v) is 3.45. The highest BCUT2D eigenvalue weighted by molar-refractivity contribution is 6.67. The minimum absolute atomic E-state index is 0.0189. The van der Waals surface area contributed by atoms with Crippen molar-refractivity contribution in [2.24, 2.45) is 0 Å². The Kier molecular flexibility index (Phi) is 6.03. The Balaban J connectivity index is 1.87. The number of nitrogens with zero attached hydrogens (tertiary/aromatic N) is 1. The van der Waals surface area contributed by atoms with Crippen LogP contribution in [0, 0.1) is 0 Å². The first-order chi connectivity index (χ1) is 10.9. The lowest BCUT2D eigenvalue weighted by molar-refractivity contribution is 0.0416. The lowest BCUT2D eigenvalue weighted by Gasteiger charge is -2.38. The molecular formula is C15H23Cl3N2O4. The second-order valence-corrected chi connectivity index (χ2v) is 9.79. The summed E-state index contributed by atoms with van der Waals surface area (Å²) in [4.78, 5) is 25.9. The van der Waals surface area contributed by atoms with E-state index in [-0.39, 0.29) is 24.7 Å². The third kappa shape index (κ3) is 5.74. The molecule has 2 heterocycles. The van der Waals surface area contributed by atoms with Gasteiger partial charge in [0.25, 0.3) is 0 Å². The van der Waals surface area contributed by atoms with Gasteiger partial charge in [0.05, 0.1) is 0 Å². The van der Waals surface area contributed by atoms with E-state index in [0.29, 0.717) is 12.8 Å². The molecule has 2 fully saturated rings. The lowest BCUT2D eigenvalue weighted by Crippen LogP contribution is -2.53. The minimum atomic E-state index is -1.62. The summed E-state index contributed by atoms with van der Waals surface area (Å²) in [7, 11) is 0. The topological polar surface area (TPSA) is 67.9 Å². The smallest absolute Gasteiger partial charge is 0.410 e. The molecule has 0 aromatic carbocycles. The van der Waals surface area contributed by atoms with Crippen molar-refractivity contribution in [1.82, 2.24) is 10.2 Å². The van der Waals surface area contributed by atoms with Crippen LogP contribution in [0.3, 0.4) is 0 Å². The molecule has 0 aliphatic carbocycles. The van der Waals surface area contributed by atoms with E-state index in [4.69, 9.17) is 44.3 Å². The number of rotatable bonds is 2. The molecule has 2 saturated heterocycles. The number of halogens is 3. The van der Waals surface area contributed by atoms with Crippen LogP contribution in [0.5, 0.6) is 0 Å². The molecule has 0 unspecified atom stereocenters. The average Bonchev–Trinajstić information content (AvgIpc) is 2.64. The number of alkyl halides is 3. The Morgan fingerprint density at radius 3 is 2.12 bits per heavy atom. The number of ether oxygens (including phenoxy) is 2. The second kappa shape index (κ2) is 7.34. The minimum Gasteiger partial charge on any atom is -0.445 e. The molecule has 6 nitrogen and oxygen atoms in total. The van der Waals surface area contributed by atoms with Gasteiger partial charge < -0.3 is 19.7 Å². The Morgan fingerprint density at radius 1 is 1.12 bits per heavy atom. The molecule has 3 atom stereocenters. The van der Waals surface area contributed by atoms with E-state index < -0.39 is 21.6 Å². The van der Waals surface area contributed by atoms with Gasteiger partial charge in [-0.25, -0.2) is 9.59 Å². The van der Waals surface area contributed by atoms with E-state index in [0.717, 1.165) is 12.8 Å². The average molecular weight is 402 g/mol. The Bertz CT molecular complexity index is 476. The summed E-state index contributed by atoms with van der Waals surface area (Å²) in [6.07, 6.45) is 2.18. The predicted octanol–water partition coefficient (Wildman–Crippen LogP) is 4.01. The van der Waals surface area contributed by atoms with Gasteiger partial charge in [-0.1, -0.05) is 34.8 Å². The summed E-state index contributed by atoms with van der Waals surface area (Å²) in [5.41, 5.74) is -0.537. The summed E-state index contributed by atoms with van der Waals surface area (Å²) in [6, 6.07) is 0.0210. The predicted molar refractivity (Wildman–Crippen MR) is 92.7 cm³/mol. The molecule has 0 aromatic rings. The van der Waals surface area contributed by atoms with E-state index in [1.165, 1.54) is 0 Å². The highest BCUT2D eigenvalue weighted by Gasteiger charge is 2.45. The number of carbonyl (C=O) groups excluding carboxylic acids is 2. The van der Waals surface area contributed by atoms with Crippen LogP contribution in [-0.4, -0.2) is 51.2 Å². The van der Waals surface area contributed by atoms with E-state index in [1.54, 1.807) is 4.90 Å². The summed E-state index contributed by atoms with van der Waals surface area (Å²) < 4.78 is 8.75. The molecule has 1 N–H and O–H groups in total. The highest BCUT2D eigenvalue weighted by atomic mass is 35.6. The Labute approximate surface area is 157 Å². The molecular weight excluding hydrogens is 379 g/mol. The summed E-state index contributed by atoms with van der Waals surface area (Å²) in [6.45, 7) is 5.17. The number of hydrogen-bond acceptors (Lipinski definition) is 4. The van der Waals surface area contributed by atoms with E-state index in [1.807, 2.05) is 20.8 Å². The van der Waals surface area contributed by atoms with Gasteiger partial charge in [0.2, 0.25) is 3.79 Å². The molecule has 0 spiro atoms. The quantitative estimate of drug-likeness (QED) is 0.710. The molecule has 138 valence electrons. The number of piperidine rings is 1. The second-order valence-electron chi connectivity index (χ2n) is 7.28. The number of alkyl carbamates (subject to hydrolysis) is 1. The molecule has 24 heavy (non-hydrogen) atoms. The van der Waals surface area contributed by atoms with Crippen molar-refractivity contribution >= 4 is 47.0 Å². The van der Waals surface area contributed by atoms with Gasteiger partial charge in [-0.15, -0.1) is 0 Å². The zero-order chi connectivity index (χ0) is 18.1. The van der Waals surface area contributed by atoms with Crippen LogP contribution in [0.25, 0.3) is 0 Å². The van der Waals surface area contributed by atoms with Crippen LogP contribution in [-0.2, 0) is 9.47 Å². The van der Waals surface area contributed by atoms with Crippen LogP contribution >= 0.6 is 34.8 Å². The maximum Gasteiger partial charge on any atom is 0.410 e. The molecule has 0 saturated carbocycles. The number of fused-ring (bicyclic) bond motifs is 2. The standard InChI is InChI=1S/C15H23Cl3N2O4/c1-14(2,3)24-12(21)19-9-6-10-4-5-11(7-9)20(10)13(22)23-8-15(16,17)18/h9-11H,4-8H2,1-3H3,(H,19,21)/t9-,10+,11-. The van der Waals surface area contributed by atoms with E-state index in [2.05, 4.69) is 5.32 Å². The first kappa shape index (κ1) is 19.7. The Hall–Kier alpha value is -0.590. The molecule has 2 aliphatic rings. The van der Waals surface area contributed by atoms with Crippen molar-refractivity contribution in [2.75, 3.05) is 6.61 Å². The van der Waals surface area contributed by atoms with Crippen molar-refractivity contribution in [2.45, 2.75) is 74.0 Å². The zero-order valence-corrected chi connectivity index (χ0v) is 16.2. The molecule has 0 radical (unpaired) electrons. The van der Waals surface area contributed by atoms with Crippen LogP contribution in [0.1, 0.15) is 46.5 Å². The van der Waals surface area contributed by atoms with Crippen molar-refractivity contribution < 1.29 is 19.1 Å². The normalized spacial score (nSPS) is 26.9. The zero-order valence-electron chi connectivity index (χ0n) is 14.0. The number of nitrogens with one attached hydrogen (secondary N) is 1. The van der Waals surface area contributed by atoms with Crippen LogP contribution < -0.4 is 5.32 Å². The van der Waals surface area contributed by atoms with Crippen LogP contribution in [0.15, 0.2) is 0 Å². The van der Waals surface area contributed by atoms with Gasteiger partial charge >= 0.3 is 12.2 Å². The molecule has 2 aliphatic heterocycles. The SMILES string of the molecule is CC(C)(C)OC(=O)N[C@H]1C[C@H]2CC[C@@H](C1)N2C(=O)OCC(Cl)(Cl)Cl. The fraction of sp³-hybridized carbons (Fsp3) is 0.867. The molecule has 2 rings (SSSR count). The first-order valence-electron chi connectivity index (χ1n) is 7.96. The summed E-state index contributed by atoms with van der Waals surface area (Å²) in [5, 5.41) is 2.89. The maximum atomic E-state index is 12.2. The number of hydrogen-bond donors (Lipinski definition) is 1. The third-order valence-corrected chi connectivity index (χ3v) is 4.35. The van der Waals surface area contributed by atoms with Crippen LogP contribution in [0.2, 0.25) is 0 Å².